The number of rotatable bonds is 8. The van der Waals surface area contributed by atoms with Gasteiger partial charge in [0, 0.05) is 13.1 Å². The number of amides is 1. The van der Waals surface area contributed by atoms with Crippen LogP contribution in [0, 0.1) is 5.92 Å². The van der Waals surface area contributed by atoms with Crippen LogP contribution in [-0.4, -0.2) is 39.5 Å². The Morgan fingerprint density at radius 2 is 1.78 bits per heavy atom. The molecular formula is C24H26ClN5OS. The van der Waals surface area contributed by atoms with Crippen LogP contribution in [0.5, 0.6) is 0 Å². The van der Waals surface area contributed by atoms with E-state index in [-0.39, 0.29) is 17.7 Å². The smallest absolute Gasteiger partial charge is 0.232 e. The first-order chi connectivity index (χ1) is 15.7. The van der Waals surface area contributed by atoms with Crippen molar-refractivity contribution in [3.05, 3.63) is 65.2 Å². The second-order valence-corrected chi connectivity index (χ2v) is 9.70. The first kappa shape index (κ1) is 21.3. The molecule has 1 aromatic heterocycles. The molecule has 0 radical (unpaired) electrons. The van der Waals surface area contributed by atoms with Gasteiger partial charge in [0.1, 0.15) is 0 Å². The number of benzene rings is 2. The standard InChI is InChI=1S/C24H26ClN5OS/c25-19-10-4-5-11-20(19)30-23(29-14-6-7-15-29)27-28-24(30)32-16-21(31)26-22(18-12-13-18)17-8-2-1-3-9-17/h1-5,8-11,18,22H,6-7,12-16H2,(H,26,31). The molecule has 6 nitrogen and oxygen atoms in total. The van der Waals surface area contributed by atoms with Crippen molar-refractivity contribution in [2.75, 3.05) is 23.7 Å². The van der Waals surface area contributed by atoms with Gasteiger partial charge in [-0.25, -0.2) is 0 Å². The Balaban J connectivity index is 1.34. The minimum atomic E-state index is 0.00665. The normalized spacial score (nSPS) is 16.8. The molecule has 1 aliphatic heterocycles. The summed E-state index contributed by atoms with van der Waals surface area (Å²) >= 11 is 7.92. The van der Waals surface area contributed by atoms with Gasteiger partial charge >= 0.3 is 0 Å². The molecular weight excluding hydrogens is 442 g/mol. The van der Waals surface area contributed by atoms with E-state index in [2.05, 4.69) is 32.5 Å². The van der Waals surface area contributed by atoms with Crippen molar-refractivity contribution in [3.63, 3.8) is 0 Å². The van der Waals surface area contributed by atoms with Crippen LogP contribution in [-0.2, 0) is 4.79 Å². The predicted molar refractivity (Wildman–Crippen MR) is 129 cm³/mol. The zero-order chi connectivity index (χ0) is 21.9. The van der Waals surface area contributed by atoms with E-state index in [1.165, 1.54) is 17.3 Å². The Morgan fingerprint density at radius 1 is 1.06 bits per heavy atom. The van der Waals surface area contributed by atoms with Crippen LogP contribution < -0.4 is 10.2 Å². The number of aromatic nitrogens is 3. The number of hydrogen-bond acceptors (Lipinski definition) is 5. The van der Waals surface area contributed by atoms with Gasteiger partial charge in [0.05, 0.1) is 22.5 Å². The number of hydrogen-bond donors (Lipinski definition) is 1. The van der Waals surface area contributed by atoms with Crippen molar-refractivity contribution in [3.8, 4) is 5.69 Å². The second-order valence-electron chi connectivity index (χ2n) is 8.35. The van der Waals surface area contributed by atoms with E-state index in [4.69, 9.17) is 11.6 Å². The van der Waals surface area contributed by atoms with Crippen molar-refractivity contribution in [2.45, 2.75) is 36.9 Å². The first-order valence-corrected chi connectivity index (χ1v) is 12.5. The Labute approximate surface area is 197 Å². The van der Waals surface area contributed by atoms with E-state index in [0.29, 0.717) is 16.1 Å². The fourth-order valence-electron chi connectivity index (χ4n) is 4.23. The van der Waals surface area contributed by atoms with Crippen LogP contribution in [0.4, 0.5) is 5.95 Å². The highest BCUT2D eigenvalue weighted by atomic mass is 35.5. The number of halogens is 1. The molecule has 8 heteroatoms. The second kappa shape index (κ2) is 9.55. The van der Waals surface area contributed by atoms with Crippen molar-refractivity contribution in [2.24, 2.45) is 5.92 Å². The van der Waals surface area contributed by atoms with Gasteiger partial charge in [-0.1, -0.05) is 65.8 Å². The Hall–Kier alpha value is -2.51. The molecule has 1 atom stereocenters. The summed E-state index contributed by atoms with van der Waals surface area (Å²) in [6.45, 7) is 1.90. The van der Waals surface area contributed by atoms with Crippen molar-refractivity contribution in [1.29, 1.82) is 0 Å². The highest BCUT2D eigenvalue weighted by Gasteiger charge is 2.33. The number of carbonyl (C=O) groups is 1. The number of nitrogens with zero attached hydrogens (tertiary/aromatic N) is 4. The summed E-state index contributed by atoms with van der Waals surface area (Å²) in [4.78, 5) is 15.1. The Morgan fingerprint density at radius 3 is 2.50 bits per heavy atom. The summed E-state index contributed by atoms with van der Waals surface area (Å²) in [7, 11) is 0. The zero-order valence-corrected chi connectivity index (χ0v) is 19.4. The molecule has 0 spiro atoms. The van der Waals surface area contributed by atoms with Gasteiger partial charge < -0.3 is 10.2 Å². The van der Waals surface area contributed by atoms with Crippen LogP contribution in [0.15, 0.2) is 59.8 Å². The molecule has 2 fully saturated rings. The number of para-hydroxylation sites is 1. The molecule has 3 aromatic rings. The first-order valence-electron chi connectivity index (χ1n) is 11.1. The lowest BCUT2D eigenvalue weighted by atomic mass is 10.0. The fourth-order valence-corrected chi connectivity index (χ4v) is 5.20. The van der Waals surface area contributed by atoms with Crippen LogP contribution in [0.1, 0.15) is 37.3 Å². The summed E-state index contributed by atoms with van der Waals surface area (Å²) in [6, 6.07) is 18.0. The Bertz CT molecular complexity index is 1080. The molecule has 1 N–H and O–H groups in total. The number of thioether (sulfide) groups is 1. The predicted octanol–water partition coefficient (Wildman–Crippen LogP) is 4.88. The van der Waals surface area contributed by atoms with Crippen LogP contribution >= 0.6 is 23.4 Å². The topological polar surface area (TPSA) is 63.1 Å². The molecule has 32 heavy (non-hydrogen) atoms. The van der Waals surface area contributed by atoms with Crippen LogP contribution in [0.3, 0.4) is 0 Å². The van der Waals surface area contributed by atoms with Crippen molar-refractivity contribution in [1.82, 2.24) is 20.1 Å². The third kappa shape index (κ3) is 4.64. The fraction of sp³-hybridized carbons (Fsp3) is 0.375. The van der Waals surface area contributed by atoms with Gasteiger partial charge in [-0.3, -0.25) is 9.36 Å². The Kier molecular flexibility index (Phi) is 6.37. The third-order valence-corrected chi connectivity index (χ3v) is 7.25. The average Bonchev–Trinajstić information content (AvgIpc) is 3.34. The lowest BCUT2D eigenvalue weighted by Gasteiger charge is -2.20. The molecule has 0 bridgehead atoms. The van der Waals surface area contributed by atoms with E-state index >= 15 is 0 Å². The quantitative estimate of drug-likeness (QED) is 0.478. The summed E-state index contributed by atoms with van der Waals surface area (Å²) in [6.07, 6.45) is 4.60. The lowest BCUT2D eigenvalue weighted by Crippen LogP contribution is -2.31. The minimum Gasteiger partial charge on any atom is -0.348 e. The molecule has 166 valence electrons. The van der Waals surface area contributed by atoms with E-state index in [0.717, 1.165) is 50.4 Å². The van der Waals surface area contributed by atoms with Crippen molar-refractivity contribution >= 4 is 35.2 Å². The van der Waals surface area contributed by atoms with E-state index in [1.807, 2.05) is 47.0 Å². The summed E-state index contributed by atoms with van der Waals surface area (Å²) in [5.41, 5.74) is 2.01. The molecule has 1 aliphatic carbocycles. The van der Waals surface area contributed by atoms with Gasteiger partial charge in [-0.15, -0.1) is 10.2 Å². The summed E-state index contributed by atoms with van der Waals surface area (Å²) in [5, 5.41) is 13.5. The molecule has 1 amide bonds. The van der Waals surface area contributed by atoms with Gasteiger partial charge in [0.15, 0.2) is 5.16 Å². The molecule has 2 aliphatic rings. The number of anilines is 1. The summed E-state index contributed by atoms with van der Waals surface area (Å²) < 4.78 is 1.99. The van der Waals surface area contributed by atoms with E-state index in [9.17, 15) is 4.79 Å². The average molecular weight is 468 g/mol. The molecule has 2 heterocycles. The van der Waals surface area contributed by atoms with E-state index in [1.54, 1.807) is 0 Å². The van der Waals surface area contributed by atoms with Crippen LogP contribution in [0.25, 0.3) is 5.69 Å². The van der Waals surface area contributed by atoms with E-state index < -0.39 is 0 Å². The maximum Gasteiger partial charge on any atom is 0.232 e. The van der Waals surface area contributed by atoms with Crippen LogP contribution in [0.2, 0.25) is 5.02 Å². The molecule has 1 saturated heterocycles. The third-order valence-electron chi connectivity index (χ3n) is 6.00. The molecule has 5 rings (SSSR count). The minimum absolute atomic E-state index is 0.00665. The molecule has 1 unspecified atom stereocenters. The van der Waals surface area contributed by atoms with Gasteiger partial charge in [-0.2, -0.15) is 0 Å². The zero-order valence-electron chi connectivity index (χ0n) is 17.8. The maximum absolute atomic E-state index is 12.9. The SMILES string of the molecule is O=C(CSc1nnc(N2CCCC2)n1-c1ccccc1Cl)NC(c1ccccc1)C1CC1. The highest BCUT2D eigenvalue weighted by molar-refractivity contribution is 7.99. The lowest BCUT2D eigenvalue weighted by molar-refractivity contribution is -0.119. The van der Waals surface area contributed by atoms with Gasteiger partial charge in [0.25, 0.3) is 0 Å². The monoisotopic (exact) mass is 467 g/mol. The van der Waals surface area contributed by atoms with Crippen molar-refractivity contribution < 1.29 is 4.79 Å². The maximum atomic E-state index is 12.9. The number of nitrogens with one attached hydrogen (secondary N) is 1. The largest absolute Gasteiger partial charge is 0.348 e. The van der Waals surface area contributed by atoms with Gasteiger partial charge in [-0.05, 0) is 49.3 Å². The van der Waals surface area contributed by atoms with Gasteiger partial charge in [0.2, 0.25) is 11.9 Å². The summed E-state index contributed by atoms with van der Waals surface area (Å²) in [5.74, 6) is 1.60. The molecule has 2 aromatic carbocycles. The number of carbonyl (C=O) groups excluding carboxylic acids is 1. The highest BCUT2D eigenvalue weighted by Crippen LogP contribution is 2.41. The molecule has 1 saturated carbocycles.